The van der Waals surface area contributed by atoms with Crippen molar-refractivity contribution in [2.45, 2.75) is 6.92 Å². The SMILES string of the molecule is COC(=O)c1cc(NC(C)=O)on1. The van der Waals surface area contributed by atoms with Gasteiger partial charge >= 0.3 is 5.97 Å². The topological polar surface area (TPSA) is 81.4 Å². The lowest BCUT2D eigenvalue weighted by molar-refractivity contribution is -0.114. The Morgan fingerprint density at radius 3 is 2.85 bits per heavy atom. The molecule has 6 heteroatoms. The van der Waals surface area contributed by atoms with E-state index in [0.29, 0.717) is 0 Å². The number of amides is 1. The van der Waals surface area contributed by atoms with Gasteiger partial charge in [0.2, 0.25) is 11.8 Å². The summed E-state index contributed by atoms with van der Waals surface area (Å²) in [4.78, 5) is 21.4. The molecule has 70 valence electrons. The number of hydrogen-bond donors (Lipinski definition) is 1. The number of ether oxygens (including phenoxy) is 1. The minimum Gasteiger partial charge on any atom is -0.464 e. The van der Waals surface area contributed by atoms with Crippen LogP contribution in [0.5, 0.6) is 0 Å². The molecule has 13 heavy (non-hydrogen) atoms. The molecule has 1 N–H and O–H groups in total. The van der Waals surface area contributed by atoms with Gasteiger partial charge in [-0.15, -0.1) is 0 Å². The van der Waals surface area contributed by atoms with E-state index >= 15 is 0 Å². The van der Waals surface area contributed by atoms with Crippen LogP contribution in [0.15, 0.2) is 10.6 Å². The maximum absolute atomic E-state index is 10.9. The zero-order valence-electron chi connectivity index (χ0n) is 7.16. The fraction of sp³-hybridized carbons (Fsp3) is 0.286. The molecule has 0 radical (unpaired) electrons. The average molecular weight is 184 g/mol. The molecule has 1 heterocycles. The summed E-state index contributed by atoms with van der Waals surface area (Å²) in [6, 6.07) is 1.28. The van der Waals surface area contributed by atoms with Crippen molar-refractivity contribution >= 4 is 17.8 Å². The van der Waals surface area contributed by atoms with Crippen LogP contribution in [0, 0.1) is 0 Å². The Morgan fingerprint density at radius 1 is 1.62 bits per heavy atom. The van der Waals surface area contributed by atoms with Crippen molar-refractivity contribution in [2.24, 2.45) is 0 Å². The van der Waals surface area contributed by atoms with Gasteiger partial charge in [-0.25, -0.2) is 4.79 Å². The van der Waals surface area contributed by atoms with Crippen LogP contribution in [-0.4, -0.2) is 24.1 Å². The molecule has 0 spiro atoms. The molecule has 0 aliphatic heterocycles. The van der Waals surface area contributed by atoms with Gasteiger partial charge in [-0.3, -0.25) is 10.1 Å². The van der Waals surface area contributed by atoms with E-state index in [2.05, 4.69) is 19.7 Å². The van der Waals surface area contributed by atoms with E-state index < -0.39 is 5.97 Å². The number of esters is 1. The third-order valence-corrected chi connectivity index (χ3v) is 1.20. The molecular weight excluding hydrogens is 176 g/mol. The summed E-state index contributed by atoms with van der Waals surface area (Å²) in [6.45, 7) is 1.32. The van der Waals surface area contributed by atoms with E-state index in [0.717, 1.165) is 0 Å². The molecule has 0 atom stereocenters. The van der Waals surface area contributed by atoms with Gasteiger partial charge in [0.25, 0.3) is 0 Å². The standard InChI is InChI=1S/C7H8N2O4/c1-4(10)8-6-3-5(9-13-6)7(11)12-2/h3H,1-2H3,(H,8,10). The second-order valence-corrected chi connectivity index (χ2v) is 2.25. The number of aromatic nitrogens is 1. The number of anilines is 1. The van der Waals surface area contributed by atoms with Crippen molar-refractivity contribution in [3.63, 3.8) is 0 Å². The zero-order valence-corrected chi connectivity index (χ0v) is 7.16. The summed E-state index contributed by atoms with van der Waals surface area (Å²) in [7, 11) is 1.23. The predicted octanol–water partition coefficient (Wildman–Crippen LogP) is 0.420. The summed E-state index contributed by atoms with van der Waals surface area (Å²) < 4.78 is 9.00. The van der Waals surface area contributed by atoms with Gasteiger partial charge < -0.3 is 9.26 Å². The first-order valence-electron chi connectivity index (χ1n) is 3.46. The molecule has 0 aromatic carbocycles. The molecule has 0 aliphatic rings. The lowest BCUT2D eigenvalue weighted by atomic mass is 10.4. The molecule has 1 amide bonds. The second-order valence-electron chi connectivity index (χ2n) is 2.25. The van der Waals surface area contributed by atoms with Crippen molar-refractivity contribution in [2.75, 3.05) is 12.4 Å². The summed E-state index contributed by atoms with van der Waals surface area (Å²) in [5.41, 5.74) is 0.0197. The van der Waals surface area contributed by atoms with Crippen molar-refractivity contribution in [1.82, 2.24) is 5.16 Å². The molecule has 0 aliphatic carbocycles. The van der Waals surface area contributed by atoms with Gasteiger partial charge in [-0.2, -0.15) is 0 Å². The van der Waals surface area contributed by atoms with E-state index in [1.807, 2.05) is 0 Å². The lowest BCUT2D eigenvalue weighted by Crippen LogP contribution is -2.04. The van der Waals surface area contributed by atoms with Gasteiger partial charge in [0.15, 0.2) is 5.69 Å². The number of nitrogens with zero attached hydrogens (tertiary/aromatic N) is 1. The third-order valence-electron chi connectivity index (χ3n) is 1.20. The van der Waals surface area contributed by atoms with E-state index in [1.54, 1.807) is 0 Å². The molecule has 1 aromatic heterocycles. The Morgan fingerprint density at radius 2 is 2.31 bits per heavy atom. The highest BCUT2D eigenvalue weighted by atomic mass is 16.5. The first-order chi connectivity index (χ1) is 6.13. The highest BCUT2D eigenvalue weighted by Gasteiger charge is 2.12. The Bertz CT molecular complexity index is 331. The van der Waals surface area contributed by atoms with Crippen LogP contribution in [0.4, 0.5) is 5.88 Å². The number of carbonyl (C=O) groups excluding carboxylic acids is 2. The van der Waals surface area contributed by atoms with Crippen LogP contribution >= 0.6 is 0 Å². The largest absolute Gasteiger partial charge is 0.464 e. The average Bonchev–Trinajstić information content (AvgIpc) is 2.50. The predicted molar refractivity (Wildman–Crippen MR) is 42.1 cm³/mol. The minimum atomic E-state index is -0.611. The smallest absolute Gasteiger partial charge is 0.360 e. The maximum atomic E-state index is 10.9. The van der Waals surface area contributed by atoms with E-state index in [9.17, 15) is 9.59 Å². The molecular formula is C7H8N2O4. The van der Waals surface area contributed by atoms with Gasteiger partial charge in [0, 0.05) is 13.0 Å². The first-order valence-corrected chi connectivity index (χ1v) is 3.46. The molecule has 1 rings (SSSR count). The van der Waals surface area contributed by atoms with Crippen LogP contribution in [0.3, 0.4) is 0 Å². The Hall–Kier alpha value is -1.85. The molecule has 0 bridgehead atoms. The van der Waals surface area contributed by atoms with Crippen LogP contribution < -0.4 is 5.32 Å². The minimum absolute atomic E-state index is 0.0197. The molecule has 0 fully saturated rings. The molecule has 6 nitrogen and oxygen atoms in total. The molecule has 1 aromatic rings. The van der Waals surface area contributed by atoms with E-state index in [4.69, 9.17) is 0 Å². The normalized spacial score (nSPS) is 9.38. The maximum Gasteiger partial charge on any atom is 0.360 e. The van der Waals surface area contributed by atoms with Crippen molar-refractivity contribution in [1.29, 1.82) is 0 Å². The summed E-state index contributed by atoms with van der Waals surface area (Å²) >= 11 is 0. The van der Waals surface area contributed by atoms with Crippen LogP contribution in [-0.2, 0) is 9.53 Å². The van der Waals surface area contributed by atoms with Gasteiger partial charge in [-0.1, -0.05) is 5.16 Å². The molecule has 0 saturated carbocycles. The summed E-state index contributed by atoms with van der Waals surface area (Å²) in [6.07, 6.45) is 0. The van der Waals surface area contributed by atoms with E-state index in [1.165, 1.54) is 20.1 Å². The van der Waals surface area contributed by atoms with Crippen LogP contribution in [0.1, 0.15) is 17.4 Å². The highest BCUT2D eigenvalue weighted by molar-refractivity contribution is 5.91. The molecule has 0 saturated heterocycles. The fourth-order valence-corrected chi connectivity index (χ4v) is 0.708. The Balaban J connectivity index is 2.74. The number of hydrogen-bond acceptors (Lipinski definition) is 5. The Kier molecular flexibility index (Phi) is 2.63. The summed E-state index contributed by atoms with van der Waals surface area (Å²) in [5.74, 6) is -0.791. The van der Waals surface area contributed by atoms with Gasteiger partial charge in [-0.05, 0) is 0 Å². The first kappa shape index (κ1) is 9.24. The second kappa shape index (κ2) is 3.70. The monoisotopic (exact) mass is 184 g/mol. The van der Waals surface area contributed by atoms with Gasteiger partial charge in [0.05, 0.1) is 7.11 Å². The number of carbonyl (C=O) groups is 2. The van der Waals surface area contributed by atoms with Crippen LogP contribution in [0.2, 0.25) is 0 Å². The zero-order chi connectivity index (χ0) is 9.84. The lowest BCUT2D eigenvalue weighted by Gasteiger charge is -1.90. The Labute approximate surface area is 73.8 Å². The summed E-state index contributed by atoms with van der Waals surface area (Å²) in [5, 5.41) is 5.70. The number of rotatable bonds is 2. The number of nitrogens with one attached hydrogen (secondary N) is 1. The van der Waals surface area contributed by atoms with Gasteiger partial charge in [0.1, 0.15) is 0 Å². The highest BCUT2D eigenvalue weighted by Crippen LogP contribution is 2.09. The number of methoxy groups -OCH3 is 1. The van der Waals surface area contributed by atoms with Crippen molar-refractivity contribution in [3.8, 4) is 0 Å². The quantitative estimate of drug-likeness (QED) is 0.673. The van der Waals surface area contributed by atoms with E-state index in [-0.39, 0.29) is 17.5 Å². The van der Waals surface area contributed by atoms with Crippen LogP contribution in [0.25, 0.3) is 0 Å². The third kappa shape index (κ3) is 2.29. The van der Waals surface area contributed by atoms with Crippen molar-refractivity contribution in [3.05, 3.63) is 11.8 Å². The van der Waals surface area contributed by atoms with Crippen molar-refractivity contribution < 1.29 is 18.8 Å². The fourth-order valence-electron chi connectivity index (χ4n) is 0.708. The molecule has 0 unspecified atom stereocenters.